The molecule has 0 unspecified atom stereocenters. The molecule has 56 heavy (non-hydrogen) atoms. The van der Waals surface area contributed by atoms with Gasteiger partial charge in [0, 0.05) is 60.9 Å². The number of nitrogens with one attached hydrogen (secondary N) is 2. The van der Waals surface area contributed by atoms with Gasteiger partial charge in [0.25, 0.3) is 0 Å². The quantitative estimate of drug-likeness (QED) is 0.130. The van der Waals surface area contributed by atoms with Crippen LogP contribution in [0, 0.1) is 5.92 Å². The van der Waals surface area contributed by atoms with Crippen LogP contribution in [-0.4, -0.2) is 70.7 Å². The molecule has 5 heterocycles. The summed E-state index contributed by atoms with van der Waals surface area (Å²) in [5.74, 6) is -0.882. The summed E-state index contributed by atoms with van der Waals surface area (Å²) in [7, 11) is 2.88. The lowest BCUT2D eigenvalue weighted by Crippen LogP contribution is -2.52. The zero-order valence-electron chi connectivity index (χ0n) is 30.8. The lowest BCUT2D eigenvalue weighted by Gasteiger charge is -2.38. The average molecular weight is 792 g/mol. The van der Waals surface area contributed by atoms with E-state index in [2.05, 4.69) is 15.6 Å². The molecule has 1 saturated carbocycles. The van der Waals surface area contributed by atoms with Crippen molar-refractivity contribution < 1.29 is 42.1 Å². The maximum Gasteiger partial charge on any atom is 0.421 e. The van der Waals surface area contributed by atoms with Gasteiger partial charge in [-0.2, -0.15) is 18.2 Å². The first kappa shape index (κ1) is 38.0. The van der Waals surface area contributed by atoms with Gasteiger partial charge in [0.15, 0.2) is 0 Å². The Labute approximate surface area is 326 Å². The molecule has 3 saturated heterocycles. The van der Waals surface area contributed by atoms with E-state index in [4.69, 9.17) is 30.8 Å². The zero-order valence-corrected chi connectivity index (χ0v) is 31.6. The highest BCUT2D eigenvalue weighted by atomic mass is 35.5. The molecule has 9 rings (SSSR count). The molecular weight excluding hydrogens is 751 g/mol. The van der Waals surface area contributed by atoms with Crippen LogP contribution in [0.4, 0.5) is 13.2 Å². The number of ether oxygens (including phenoxy) is 3. The maximum absolute atomic E-state index is 14.6. The van der Waals surface area contributed by atoms with Crippen LogP contribution in [0.15, 0.2) is 54.6 Å². The minimum absolute atomic E-state index is 0.0379. The second-order valence-electron chi connectivity index (χ2n) is 15.0. The van der Waals surface area contributed by atoms with Crippen molar-refractivity contribution in [1.29, 1.82) is 0 Å². The van der Waals surface area contributed by atoms with Gasteiger partial charge in [-0.15, -0.1) is 0 Å². The predicted octanol–water partition coefficient (Wildman–Crippen LogP) is 6.98. The molecule has 0 spiro atoms. The number of benzene rings is 2. The van der Waals surface area contributed by atoms with Gasteiger partial charge in [-0.1, -0.05) is 54.1 Å². The van der Waals surface area contributed by atoms with E-state index in [0.717, 1.165) is 40.3 Å². The van der Waals surface area contributed by atoms with Crippen LogP contribution in [0.2, 0.25) is 5.02 Å². The van der Waals surface area contributed by atoms with Crippen LogP contribution in [0.1, 0.15) is 66.0 Å². The summed E-state index contributed by atoms with van der Waals surface area (Å²) in [5, 5.41) is 16.7. The van der Waals surface area contributed by atoms with Crippen molar-refractivity contribution in [3.8, 4) is 40.0 Å². The number of carbonyl (C=O) groups is 2. The highest BCUT2D eigenvalue weighted by Gasteiger charge is 2.61. The summed E-state index contributed by atoms with van der Waals surface area (Å²) in [6.07, 6.45) is -2.30. The Kier molecular flexibility index (Phi) is 10.1. The fourth-order valence-corrected chi connectivity index (χ4v) is 9.14. The summed E-state index contributed by atoms with van der Waals surface area (Å²) in [6, 6.07) is 16.2. The molecule has 4 aromatic rings. The van der Waals surface area contributed by atoms with Crippen LogP contribution in [-0.2, 0) is 35.3 Å². The maximum atomic E-state index is 14.6. The average Bonchev–Trinajstić information content (AvgIpc) is 3.95. The van der Waals surface area contributed by atoms with Crippen LogP contribution >= 0.6 is 11.6 Å². The number of carbonyl (C=O) groups excluding carboxylic acids is 1. The largest absolute Gasteiger partial charge is 0.481 e. The molecule has 4 fully saturated rings. The second-order valence-corrected chi connectivity index (χ2v) is 15.4. The zero-order chi connectivity index (χ0) is 39.4. The Morgan fingerprint density at radius 1 is 0.982 bits per heavy atom. The van der Waals surface area contributed by atoms with E-state index in [0.29, 0.717) is 73.9 Å². The van der Waals surface area contributed by atoms with Gasteiger partial charge < -0.3 is 30.0 Å². The van der Waals surface area contributed by atoms with Crippen LogP contribution in [0.5, 0.6) is 17.6 Å². The van der Waals surface area contributed by atoms with E-state index in [9.17, 15) is 27.9 Å². The number of aliphatic carboxylic acids is 1. The summed E-state index contributed by atoms with van der Waals surface area (Å²) in [4.78, 5) is 34.4. The smallest absolute Gasteiger partial charge is 0.421 e. The number of alkyl halides is 3. The van der Waals surface area contributed by atoms with Crippen molar-refractivity contribution >= 4 is 23.5 Å². The first-order chi connectivity index (χ1) is 26.9. The van der Waals surface area contributed by atoms with Gasteiger partial charge in [-0.05, 0) is 66.8 Å². The van der Waals surface area contributed by atoms with Gasteiger partial charge in [-0.25, -0.2) is 4.98 Å². The van der Waals surface area contributed by atoms with Gasteiger partial charge >= 0.3 is 12.1 Å². The Morgan fingerprint density at radius 2 is 1.71 bits per heavy atom. The van der Waals surface area contributed by atoms with E-state index < -0.39 is 35.2 Å². The van der Waals surface area contributed by atoms with Crippen molar-refractivity contribution in [2.24, 2.45) is 5.92 Å². The standard InChI is InChI=1S/C41H41ClF3N5O6/c1-54-36-23(18-46-19-25-10-14-34(51)47-25)9-12-32(48-36)30-8-4-7-29(35(30)42)26-5-3-6-28-27(26)11-13-33(28)56-38-31(41(43,44)45)15-24(37(49-38)55-2)21-50-20-22-16-40(50,17-22)39(52)53/h3-9,12,15,22,25,33,46H,10-11,13-14,16-21H2,1-2H3,(H,47,51)(H,52,53)/t22?,25-,33-,40?/m0/s1. The number of halogens is 4. The topological polar surface area (TPSA) is 135 Å². The molecule has 2 aromatic heterocycles. The molecule has 2 aromatic carbocycles. The second kappa shape index (κ2) is 14.9. The summed E-state index contributed by atoms with van der Waals surface area (Å²) >= 11 is 7.12. The van der Waals surface area contributed by atoms with E-state index in [1.54, 1.807) is 12.0 Å². The van der Waals surface area contributed by atoms with Crippen LogP contribution < -0.4 is 24.8 Å². The van der Waals surface area contributed by atoms with E-state index in [1.165, 1.54) is 7.11 Å². The summed E-state index contributed by atoms with van der Waals surface area (Å²) in [5.41, 5.74) is 3.40. The van der Waals surface area contributed by atoms with Gasteiger partial charge in [0.2, 0.25) is 23.5 Å². The number of fused-ring (bicyclic) bond motifs is 2. The number of methoxy groups -OCH3 is 2. The summed E-state index contributed by atoms with van der Waals surface area (Å²) in [6.45, 7) is 1.58. The lowest BCUT2D eigenvalue weighted by molar-refractivity contribution is -0.153. The number of carboxylic acids is 1. The number of aromatic nitrogens is 2. The van der Waals surface area contributed by atoms with E-state index >= 15 is 0 Å². The number of rotatable bonds is 13. The lowest BCUT2D eigenvalue weighted by atomic mass is 9.73. The normalized spacial score (nSPS) is 22.8. The highest BCUT2D eigenvalue weighted by molar-refractivity contribution is 6.36. The van der Waals surface area contributed by atoms with Crippen molar-refractivity contribution in [3.05, 3.63) is 87.4 Å². The third-order valence-corrected chi connectivity index (χ3v) is 12.0. The molecule has 1 amide bonds. The number of amides is 1. The monoisotopic (exact) mass is 791 g/mol. The van der Waals surface area contributed by atoms with E-state index in [1.807, 2.05) is 48.5 Å². The van der Waals surface area contributed by atoms with Crippen molar-refractivity contribution in [2.45, 2.75) is 75.5 Å². The molecular formula is C41H41ClF3N5O6. The SMILES string of the molecule is COc1nc(-c2cccc(-c3cccc4c3CC[C@@H]4Oc3nc(OC)c(CN4CC5CC4(C(=O)O)C5)cc3C(F)(F)F)c2Cl)ccc1CNC[C@@H]1CCC(=O)N1. The molecule has 3 aliphatic heterocycles. The van der Waals surface area contributed by atoms with Crippen molar-refractivity contribution in [2.75, 3.05) is 27.3 Å². The van der Waals surface area contributed by atoms with Crippen molar-refractivity contribution in [1.82, 2.24) is 25.5 Å². The molecule has 2 aliphatic carbocycles. The van der Waals surface area contributed by atoms with Crippen molar-refractivity contribution in [3.63, 3.8) is 0 Å². The third kappa shape index (κ3) is 6.92. The van der Waals surface area contributed by atoms with E-state index in [-0.39, 0.29) is 35.9 Å². The van der Waals surface area contributed by atoms with Gasteiger partial charge in [-0.3, -0.25) is 14.5 Å². The van der Waals surface area contributed by atoms with Crippen LogP contribution in [0.3, 0.4) is 0 Å². The first-order valence-corrected chi connectivity index (χ1v) is 19.0. The minimum atomic E-state index is -4.79. The Bertz CT molecular complexity index is 2200. The molecule has 5 aliphatic rings. The third-order valence-electron chi connectivity index (χ3n) is 11.6. The fraction of sp³-hybridized carbons (Fsp3) is 0.415. The molecule has 15 heteroatoms. The van der Waals surface area contributed by atoms with Crippen LogP contribution in [0.25, 0.3) is 22.4 Å². The Balaban J connectivity index is 1.04. The number of hydrogen-bond acceptors (Lipinski definition) is 9. The number of pyridine rings is 2. The molecule has 3 N–H and O–H groups in total. The molecule has 2 atom stereocenters. The number of carboxylic acid groups (broad SMARTS) is 1. The molecule has 2 bridgehead atoms. The van der Waals surface area contributed by atoms with Gasteiger partial charge in [0.05, 0.1) is 24.9 Å². The fourth-order valence-electron chi connectivity index (χ4n) is 8.81. The van der Waals surface area contributed by atoms with Gasteiger partial charge in [0.1, 0.15) is 17.2 Å². The predicted molar refractivity (Wildman–Crippen MR) is 201 cm³/mol. The summed E-state index contributed by atoms with van der Waals surface area (Å²) < 4.78 is 61.1. The highest BCUT2D eigenvalue weighted by Crippen LogP contribution is 2.52. The number of nitrogens with zero attached hydrogens (tertiary/aromatic N) is 3. The number of hydrogen-bond donors (Lipinski definition) is 3. The Morgan fingerprint density at radius 3 is 2.43 bits per heavy atom. The minimum Gasteiger partial charge on any atom is -0.481 e. The first-order valence-electron chi connectivity index (χ1n) is 18.6. The molecule has 0 radical (unpaired) electrons. The molecule has 294 valence electrons. The molecule has 11 nitrogen and oxygen atoms in total. The Hall–Kier alpha value is -4.92.